The molecule has 0 amide bonds. The second-order valence-electron chi connectivity index (χ2n) is 5.22. The molecule has 0 saturated carbocycles. The maximum Gasteiger partial charge on any atom is 0.243 e. The molecule has 0 radical (unpaired) electrons. The zero-order chi connectivity index (χ0) is 15.6. The molecule has 0 aliphatic carbocycles. The van der Waals surface area contributed by atoms with Crippen LogP contribution in [0.25, 0.3) is 0 Å². The van der Waals surface area contributed by atoms with Crippen LogP contribution in [0.4, 0.5) is 0 Å². The van der Waals surface area contributed by atoms with Crippen LogP contribution in [0.2, 0.25) is 0 Å². The summed E-state index contributed by atoms with van der Waals surface area (Å²) < 4.78 is 31.5. The number of rotatable bonds is 4. The first-order valence-electron chi connectivity index (χ1n) is 7.12. The van der Waals surface area contributed by atoms with E-state index in [9.17, 15) is 8.42 Å². The number of benzene rings is 1. The normalized spacial score (nSPS) is 17.7. The first-order chi connectivity index (χ1) is 10.6. The maximum absolute atomic E-state index is 12.5. The molecule has 1 saturated heterocycles. The Balaban J connectivity index is 1.62. The Labute approximate surface area is 129 Å². The summed E-state index contributed by atoms with van der Waals surface area (Å²) in [5, 5.41) is 3.87. The highest BCUT2D eigenvalue weighted by Gasteiger charge is 2.28. The second kappa shape index (κ2) is 6.15. The minimum absolute atomic E-state index is 0.345. The number of nitrogens with zero attached hydrogens (tertiary/aromatic N) is 4. The molecule has 0 N–H and O–H groups in total. The van der Waals surface area contributed by atoms with Gasteiger partial charge in [0.2, 0.25) is 15.9 Å². The number of piperazine rings is 1. The van der Waals surface area contributed by atoms with Crippen molar-refractivity contribution in [2.45, 2.75) is 18.4 Å². The van der Waals surface area contributed by atoms with Gasteiger partial charge >= 0.3 is 0 Å². The molecule has 1 aromatic heterocycles. The fourth-order valence-corrected chi connectivity index (χ4v) is 3.92. The van der Waals surface area contributed by atoms with Gasteiger partial charge in [0.1, 0.15) is 0 Å². The van der Waals surface area contributed by atoms with Crippen LogP contribution in [-0.2, 0) is 16.6 Å². The van der Waals surface area contributed by atoms with Gasteiger partial charge in [-0.1, -0.05) is 23.4 Å². The first-order valence-corrected chi connectivity index (χ1v) is 8.56. The molecule has 1 aliphatic heterocycles. The molecule has 0 bridgehead atoms. The van der Waals surface area contributed by atoms with E-state index in [1.807, 2.05) is 6.07 Å². The van der Waals surface area contributed by atoms with Crippen molar-refractivity contribution in [3.8, 4) is 0 Å². The predicted octanol–water partition coefficient (Wildman–Crippen LogP) is 0.885. The van der Waals surface area contributed by atoms with Gasteiger partial charge in [0.25, 0.3) is 0 Å². The van der Waals surface area contributed by atoms with Gasteiger partial charge in [0, 0.05) is 33.1 Å². The monoisotopic (exact) mass is 322 g/mol. The van der Waals surface area contributed by atoms with Crippen molar-refractivity contribution in [1.82, 2.24) is 19.3 Å². The van der Waals surface area contributed by atoms with Crippen LogP contribution >= 0.6 is 0 Å². The first kappa shape index (κ1) is 15.1. The van der Waals surface area contributed by atoms with Gasteiger partial charge in [-0.15, -0.1) is 0 Å². The summed E-state index contributed by atoms with van der Waals surface area (Å²) in [6, 6.07) is 8.54. The van der Waals surface area contributed by atoms with Gasteiger partial charge in [-0.2, -0.15) is 9.29 Å². The van der Waals surface area contributed by atoms with Crippen molar-refractivity contribution in [2.24, 2.45) is 0 Å². The number of hydrogen-bond donors (Lipinski definition) is 0. The maximum atomic E-state index is 12.5. The van der Waals surface area contributed by atoms with E-state index in [2.05, 4.69) is 15.0 Å². The summed E-state index contributed by atoms with van der Waals surface area (Å²) in [5.74, 6) is 1.18. The standard InChI is InChI=1S/C14H18N4O3S/c1-12-15-14(16-21-12)11-17-7-9-18(10-8-17)22(19,20)13-5-3-2-4-6-13/h2-6H,7-11H2,1H3. The van der Waals surface area contributed by atoms with Gasteiger partial charge in [0.05, 0.1) is 11.4 Å². The number of aromatic nitrogens is 2. The van der Waals surface area contributed by atoms with Crippen LogP contribution in [0.1, 0.15) is 11.7 Å². The third-order valence-corrected chi connectivity index (χ3v) is 5.56. The van der Waals surface area contributed by atoms with Gasteiger partial charge in [-0.3, -0.25) is 4.90 Å². The highest BCUT2D eigenvalue weighted by molar-refractivity contribution is 7.89. The number of sulfonamides is 1. The minimum atomic E-state index is -3.40. The number of aryl methyl sites for hydroxylation is 1. The van der Waals surface area contributed by atoms with Crippen molar-refractivity contribution in [3.63, 3.8) is 0 Å². The molecule has 2 heterocycles. The molecule has 0 atom stereocenters. The Morgan fingerprint density at radius 1 is 1.14 bits per heavy atom. The highest BCUT2D eigenvalue weighted by Crippen LogP contribution is 2.17. The summed E-state index contributed by atoms with van der Waals surface area (Å²) in [6.45, 7) is 4.57. The molecule has 8 heteroatoms. The predicted molar refractivity (Wildman–Crippen MR) is 79.5 cm³/mol. The summed E-state index contributed by atoms with van der Waals surface area (Å²) in [4.78, 5) is 6.64. The zero-order valence-corrected chi connectivity index (χ0v) is 13.2. The fraction of sp³-hybridized carbons (Fsp3) is 0.429. The third kappa shape index (κ3) is 3.18. The van der Waals surface area contributed by atoms with Gasteiger partial charge < -0.3 is 4.52 Å². The Morgan fingerprint density at radius 2 is 1.82 bits per heavy atom. The van der Waals surface area contributed by atoms with Crippen molar-refractivity contribution in [3.05, 3.63) is 42.0 Å². The van der Waals surface area contributed by atoms with Crippen LogP contribution < -0.4 is 0 Å². The van der Waals surface area contributed by atoms with Crippen molar-refractivity contribution >= 4 is 10.0 Å². The molecule has 1 aliphatic rings. The molecule has 1 fully saturated rings. The summed E-state index contributed by atoms with van der Waals surface area (Å²) in [7, 11) is -3.40. The van der Waals surface area contributed by atoms with E-state index < -0.39 is 10.0 Å². The van der Waals surface area contributed by atoms with Crippen LogP contribution in [0.15, 0.2) is 39.8 Å². The van der Waals surface area contributed by atoms with E-state index in [1.54, 1.807) is 31.2 Å². The molecule has 0 unspecified atom stereocenters. The van der Waals surface area contributed by atoms with Crippen LogP contribution in [-0.4, -0.2) is 53.9 Å². The van der Waals surface area contributed by atoms with Crippen LogP contribution in [0.5, 0.6) is 0 Å². The lowest BCUT2D eigenvalue weighted by Gasteiger charge is -2.33. The van der Waals surface area contributed by atoms with Crippen LogP contribution in [0.3, 0.4) is 0 Å². The van der Waals surface area contributed by atoms with E-state index in [-0.39, 0.29) is 0 Å². The molecule has 1 aromatic carbocycles. The van der Waals surface area contributed by atoms with E-state index in [0.717, 1.165) is 0 Å². The lowest BCUT2D eigenvalue weighted by atomic mass is 10.3. The summed E-state index contributed by atoms with van der Waals surface area (Å²) in [6.07, 6.45) is 0. The molecule has 22 heavy (non-hydrogen) atoms. The fourth-order valence-electron chi connectivity index (χ4n) is 2.48. The molecule has 2 aromatic rings. The van der Waals surface area contributed by atoms with E-state index in [0.29, 0.717) is 49.3 Å². The average molecular weight is 322 g/mol. The minimum Gasteiger partial charge on any atom is -0.340 e. The largest absolute Gasteiger partial charge is 0.340 e. The second-order valence-corrected chi connectivity index (χ2v) is 7.16. The van der Waals surface area contributed by atoms with E-state index in [4.69, 9.17) is 4.52 Å². The Bertz CT molecular complexity index is 722. The van der Waals surface area contributed by atoms with Crippen molar-refractivity contribution in [1.29, 1.82) is 0 Å². The highest BCUT2D eigenvalue weighted by atomic mass is 32.2. The Hall–Kier alpha value is -1.77. The third-order valence-electron chi connectivity index (χ3n) is 3.65. The van der Waals surface area contributed by atoms with Crippen molar-refractivity contribution in [2.75, 3.05) is 26.2 Å². The smallest absolute Gasteiger partial charge is 0.243 e. The Kier molecular flexibility index (Phi) is 4.23. The lowest BCUT2D eigenvalue weighted by Crippen LogP contribution is -2.48. The lowest BCUT2D eigenvalue weighted by molar-refractivity contribution is 0.176. The van der Waals surface area contributed by atoms with E-state index >= 15 is 0 Å². The SMILES string of the molecule is Cc1nc(CN2CCN(S(=O)(=O)c3ccccc3)CC2)no1. The molecular weight excluding hydrogens is 304 g/mol. The summed E-state index contributed by atoms with van der Waals surface area (Å²) in [5.41, 5.74) is 0. The molecule has 7 nitrogen and oxygen atoms in total. The summed E-state index contributed by atoms with van der Waals surface area (Å²) >= 11 is 0. The number of hydrogen-bond acceptors (Lipinski definition) is 6. The van der Waals surface area contributed by atoms with E-state index in [1.165, 1.54) is 4.31 Å². The van der Waals surface area contributed by atoms with Gasteiger partial charge in [-0.05, 0) is 12.1 Å². The zero-order valence-electron chi connectivity index (χ0n) is 12.3. The topological polar surface area (TPSA) is 79.5 Å². The average Bonchev–Trinajstić information content (AvgIpc) is 2.94. The van der Waals surface area contributed by atoms with Gasteiger partial charge in [-0.25, -0.2) is 8.42 Å². The van der Waals surface area contributed by atoms with Crippen LogP contribution in [0, 0.1) is 6.92 Å². The molecule has 0 spiro atoms. The Morgan fingerprint density at radius 3 is 2.41 bits per heavy atom. The quantitative estimate of drug-likeness (QED) is 0.831. The molecular formula is C14H18N4O3S. The van der Waals surface area contributed by atoms with Crippen molar-refractivity contribution < 1.29 is 12.9 Å². The molecule has 3 rings (SSSR count). The molecule has 118 valence electrons. The van der Waals surface area contributed by atoms with Gasteiger partial charge in [0.15, 0.2) is 5.82 Å².